The van der Waals surface area contributed by atoms with E-state index in [1.54, 1.807) is 12.1 Å². The summed E-state index contributed by atoms with van der Waals surface area (Å²) in [5, 5.41) is 2.66. The number of ether oxygens (including phenoxy) is 2. The number of amides is 1. The van der Waals surface area contributed by atoms with E-state index >= 15 is 0 Å². The molecule has 0 unspecified atom stereocenters. The summed E-state index contributed by atoms with van der Waals surface area (Å²) >= 11 is 0. The van der Waals surface area contributed by atoms with E-state index in [4.69, 9.17) is 15.2 Å². The molecule has 1 aromatic carbocycles. The van der Waals surface area contributed by atoms with Crippen LogP contribution in [0.4, 0.5) is 10.5 Å². The first-order valence-corrected chi connectivity index (χ1v) is 10.6. The molecule has 8 nitrogen and oxygen atoms in total. The van der Waals surface area contributed by atoms with Crippen molar-refractivity contribution in [2.75, 3.05) is 38.6 Å². The molecule has 1 heterocycles. The Labute approximate surface area is 161 Å². The Hall–Kier alpha value is -1.84. The van der Waals surface area contributed by atoms with Gasteiger partial charge < -0.3 is 20.5 Å². The highest BCUT2D eigenvalue weighted by atomic mass is 32.2. The summed E-state index contributed by atoms with van der Waals surface area (Å²) in [6.45, 7) is 5.99. The van der Waals surface area contributed by atoms with Gasteiger partial charge in [-0.15, -0.1) is 0 Å². The monoisotopic (exact) mass is 399 g/mol. The predicted octanol–water partition coefficient (Wildman–Crippen LogP) is 1.82. The second-order valence-corrected chi connectivity index (χ2v) is 8.94. The summed E-state index contributed by atoms with van der Waals surface area (Å²) in [4.78, 5) is 12.0. The molecule has 1 saturated heterocycles. The lowest BCUT2D eigenvalue weighted by atomic mass is 10.2. The SMILES string of the molecule is CC(C)CN(CCCNC(=O)O[C@H]1CCOC1)S(=O)(=O)c1ccc(N)cc1. The molecule has 1 aromatic rings. The van der Waals surface area contributed by atoms with Crippen LogP contribution in [-0.4, -0.2) is 57.8 Å². The van der Waals surface area contributed by atoms with Gasteiger partial charge in [0.1, 0.15) is 6.10 Å². The zero-order chi connectivity index (χ0) is 19.9. The summed E-state index contributed by atoms with van der Waals surface area (Å²) in [7, 11) is -3.61. The first-order chi connectivity index (χ1) is 12.8. The molecule has 27 heavy (non-hydrogen) atoms. The third kappa shape index (κ3) is 6.67. The number of rotatable bonds is 9. The number of nitrogens with zero attached hydrogens (tertiary/aromatic N) is 1. The minimum Gasteiger partial charge on any atom is -0.444 e. The van der Waals surface area contributed by atoms with Gasteiger partial charge in [-0.25, -0.2) is 13.2 Å². The summed E-state index contributed by atoms with van der Waals surface area (Å²) in [5.41, 5.74) is 6.16. The molecule has 152 valence electrons. The Morgan fingerprint density at radius 2 is 2.07 bits per heavy atom. The van der Waals surface area contributed by atoms with Crippen molar-refractivity contribution in [3.63, 3.8) is 0 Å². The third-order valence-corrected chi connectivity index (χ3v) is 5.98. The third-order valence-electron chi connectivity index (χ3n) is 4.10. The fourth-order valence-electron chi connectivity index (χ4n) is 2.75. The number of nitrogens with one attached hydrogen (secondary N) is 1. The highest BCUT2D eigenvalue weighted by molar-refractivity contribution is 7.89. The quantitative estimate of drug-likeness (QED) is 0.484. The van der Waals surface area contributed by atoms with Crippen LogP contribution >= 0.6 is 0 Å². The van der Waals surface area contributed by atoms with Crippen LogP contribution in [0.5, 0.6) is 0 Å². The molecule has 1 atom stereocenters. The molecule has 1 fully saturated rings. The maximum absolute atomic E-state index is 12.9. The number of nitrogen functional groups attached to an aromatic ring is 1. The van der Waals surface area contributed by atoms with E-state index < -0.39 is 16.1 Å². The van der Waals surface area contributed by atoms with Gasteiger partial charge in [0.15, 0.2) is 0 Å². The topological polar surface area (TPSA) is 111 Å². The first kappa shape index (κ1) is 21.5. The number of alkyl carbamates (subject to hydrolysis) is 1. The summed E-state index contributed by atoms with van der Waals surface area (Å²) in [5.74, 6) is 0.175. The van der Waals surface area contributed by atoms with E-state index in [9.17, 15) is 13.2 Å². The highest BCUT2D eigenvalue weighted by Gasteiger charge is 2.25. The number of benzene rings is 1. The molecular formula is C18H29N3O5S. The Kier molecular flexibility index (Phi) is 7.88. The predicted molar refractivity (Wildman–Crippen MR) is 103 cm³/mol. The van der Waals surface area contributed by atoms with Crippen LogP contribution in [0.1, 0.15) is 26.7 Å². The normalized spacial score (nSPS) is 17.4. The number of carbonyl (C=O) groups is 1. The van der Waals surface area contributed by atoms with Crippen LogP contribution in [-0.2, 0) is 19.5 Å². The summed E-state index contributed by atoms with van der Waals surface area (Å²) < 4.78 is 37.6. The molecule has 2 rings (SSSR count). The van der Waals surface area contributed by atoms with Crippen LogP contribution in [0, 0.1) is 5.92 Å². The van der Waals surface area contributed by atoms with Crippen molar-refractivity contribution >= 4 is 21.8 Å². The maximum atomic E-state index is 12.9. The largest absolute Gasteiger partial charge is 0.444 e. The second kappa shape index (κ2) is 9.91. The van der Waals surface area contributed by atoms with Crippen LogP contribution in [0.25, 0.3) is 0 Å². The van der Waals surface area contributed by atoms with Crippen LogP contribution in [0.15, 0.2) is 29.2 Å². The zero-order valence-electron chi connectivity index (χ0n) is 15.9. The minimum absolute atomic E-state index is 0.175. The van der Waals surface area contributed by atoms with Crippen LogP contribution in [0.2, 0.25) is 0 Å². The van der Waals surface area contributed by atoms with Gasteiger partial charge in [-0.3, -0.25) is 0 Å². The molecule has 0 bridgehead atoms. The average molecular weight is 400 g/mol. The van der Waals surface area contributed by atoms with Gasteiger partial charge in [0.25, 0.3) is 0 Å². The van der Waals surface area contributed by atoms with E-state index in [2.05, 4.69) is 5.32 Å². The lowest BCUT2D eigenvalue weighted by molar-refractivity contribution is 0.0831. The van der Waals surface area contributed by atoms with Gasteiger partial charge in [-0.05, 0) is 36.6 Å². The molecule has 0 aromatic heterocycles. The molecule has 1 amide bonds. The first-order valence-electron chi connectivity index (χ1n) is 9.17. The van der Waals surface area contributed by atoms with Crippen molar-refractivity contribution in [3.05, 3.63) is 24.3 Å². The van der Waals surface area contributed by atoms with Gasteiger partial charge in [0, 0.05) is 31.7 Å². The fourth-order valence-corrected chi connectivity index (χ4v) is 4.39. The lowest BCUT2D eigenvalue weighted by Gasteiger charge is -2.24. The lowest BCUT2D eigenvalue weighted by Crippen LogP contribution is -2.37. The van der Waals surface area contributed by atoms with E-state index in [1.807, 2.05) is 13.8 Å². The van der Waals surface area contributed by atoms with Gasteiger partial charge >= 0.3 is 6.09 Å². The molecular weight excluding hydrogens is 370 g/mol. The van der Waals surface area contributed by atoms with Crippen molar-refractivity contribution < 1.29 is 22.7 Å². The average Bonchev–Trinajstić information content (AvgIpc) is 3.10. The molecule has 0 spiro atoms. The Bertz CT molecular complexity index is 700. The van der Waals surface area contributed by atoms with E-state index in [0.717, 1.165) is 0 Å². The van der Waals surface area contributed by atoms with Crippen LogP contribution in [0.3, 0.4) is 0 Å². The van der Waals surface area contributed by atoms with Gasteiger partial charge in [-0.2, -0.15) is 4.31 Å². The van der Waals surface area contributed by atoms with E-state index in [0.29, 0.717) is 51.4 Å². The second-order valence-electron chi connectivity index (χ2n) is 7.00. The van der Waals surface area contributed by atoms with E-state index in [-0.39, 0.29) is 16.9 Å². The number of hydrogen-bond donors (Lipinski definition) is 2. The number of hydrogen-bond acceptors (Lipinski definition) is 6. The number of carbonyl (C=O) groups excluding carboxylic acids is 1. The fraction of sp³-hybridized carbons (Fsp3) is 0.611. The van der Waals surface area contributed by atoms with Crippen LogP contribution < -0.4 is 11.1 Å². The molecule has 0 saturated carbocycles. The Morgan fingerprint density at radius 1 is 1.37 bits per heavy atom. The van der Waals surface area contributed by atoms with Crippen molar-refractivity contribution in [3.8, 4) is 0 Å². The number of nitrogens with two attached hydrogens (primary N) is 1. The van der Waals surface area contributed by atoms with Crippen molar-refractivity contribution in [1.82, 2.24) is 9.62 Å². The minimum atomic E-state index is -3.61. The Balaban J connectivity index is 1.88. The van der Waals surface area contributed by atoms with Crippen molar-refractivity contribution in [2.24, 2.45) is 5.92 Å². The standard InChI is InChI=1S/C18H29N3O5S/c1-14(2)12-21(27(23,24)17-6-4-15(19)5-7-17)10-3-9-20-18(22)26-16-8-11-25-13-16/h4-7,14,16H,3,8-13,19H2,1-2H3,(H,20,22)/t16-/m0/s1. The molecule has 9 heteroatoms. The van der Waals surface area contributed by atoms with Gasteiger partial charge in [0.05, 0.1) is 18.1 Å². The molecule has 1 aliphatic heterocycles. The maximum Gasteiger partial charge on any atom is 0.407 e. The van der Waals surface area contributed by atoms with Gasteiger partial charge in [-0.1, -0.05) is 13.8 Å². The molecule has 0 aliphatic carbocycles. The van der Waals surface area contributed by atoms with Gasteiger partial charge in [0.2, 0.25) is 10.0 Å². The van der Waals surface area contributed by atoms with Crippen molar-refractivity contribution in [1.29, 1.82) is 0 Å². The smallest absolute Gasteiger partial charge is 0.407 e. The summed E-state index contributed by atoms with van der Waals surface area (Å²) in [6, 6.07) is 6.17. The van der Waals surface area contributed by atoms with Crippen molar-refractivity contribution in [2.45, 2.75) is 37.7 Å². The molecule has 3 N–H and O–H groups in total. The number of anilines is 1. The molecule has 0 radical (unpaired) electrons. The number of sulfonamides is 1. The summed E-state index contributed by atoms with van der Waals surface area (Å²) in [6.07, 6.45) is 0.489. The van der Waals surface area contributed by atoms with E-state index in [1.165, 1.54) is 16.4 Å². The Morgan fingerprint density at radius 3 is 2.67 bits per heavy atom. The molecule has 1 aliphatic rings. The zero-order valence-corrected chi connectivity index (χ0v) is 16.7. The highest BCUT2D eigenvalue weighted by Crippen LogP contribution is 2.19.